The maximum absolute atomic E-state index is 5.02. The molecule has 0 bridgehead atoms. The van der Waals surface area contributed by atoms with E-state index in [1.165, 1.54) is 0 Å². The van der Waals surface area contributed by atoms with E-state index in [4.69, 9.17) is 6.42 Å². The molecule has 1 rings (SSSR count). The molecule has 11 heavy (non-hydrogen) atoms. The van der Waals surface area contributed by atoms with E-state index in [-0.39, 0.29) is 0 Å². The fraction of sp³-hybridized carbons (Fsp3) is 0.0909. The van der Waals surface area contributed by atoms with E-state index in [1.807, 2.05) is 24.3 Å². The Kier molecular flexibility index (Phi) is 3.02. The predicted octanol–water partition coefficient (Wildman–Crippen LogP) is 2.47. The Labute approximate surface area is 67.6 Å². The van der Waals surface area contributed by atoms with Gasteiger partial charge in [0, 0.05) is 5.92 Å². The minimum Gasteiger partial charge on any atom is -0.115 e. The van der Waals surface area contributed by atoms with Crippen LogP contribution in [0.4, 0.5) is 0 Å². The van der Waals surface area contributed by atoms with E-state index >= 15 is 0 Å². The summed E-state index contributed by atoms with van der Waals surface area (Å²) in [5.74, 6) is 2.88. The van der Waals surface area contributed by atoms with Crippen molar-refractivity contribution in [2.45, 2.75) is 0 Å². The number of hydrogen-bond acceptors (Lipinski definition) is 0. The van der Waals surface area contributed by atoms with Gasteiger partial charge in [-0.1, -0.05) is 48.5 Å². The topological polar surface area (TPSA) is 0 Å². The third-order valence-corrected chi connectivity index (χ3v) is 1.41. The Bertz CT molecular complexity index is 244. The SMILES string of the molecule is C#C/C=C/C=C/C1C=CC=C1. The number of allylic oxidation sites excluding steroid dienone is 8. The monoisotopic (exact) mass is 142 g/mol. The van der Waals surface area contributed by atoms with Crippen molar-refractivity contribution in [1.82, 2.24) is 0 Å². The molecule has 0 nitrogen and oxygen atoms in total. The van der Waals surface area contributed by atoms with E-state index in [9.17, 15) is 0 Å². The molecule has 0 saturated heterocycles. The summed E-state index contributed by atoms with van der Waals surface area (Å²) >= 11 is 0. The zero-order valence-corrected chi connectivity index (χ0v) is 6.27. The smallest absolute Gasteiger partial charge is 0.0136 e. The molecule has 54 valence electrons. The van der Waals surface area contributed by atoms with Crippen LogP contribution in [-0.4, -0.2) is 0 Å². The van der Waals surface area contributed by atoms with Crippen molar-refractivity contribution < 1.29 is 0 Å². The van der Waals surface area contributed by atoms with Gasteiger partial charge in [0.15, 0.2) is 0 Å². The summed E-state index contributed by atoms with van der Waals surface area (Å²) in [6.07, 6.45) is 21.0. The standard InChI is InChI=1S/C11H10/c1-2-3-4-5-8-11-9-6-7-10-11/h1,3-11H/b4-3+,8-5+. The lowest BCUT2D eigenvalue weighted by atomic mass is 10.1. The van der Waals surface area contributed by atoms with Gasteiger partial charge in [0.1, 0.15) is 0 Å². The Morgan fingerprint density at radius 1 is 1.18 bits per heavy atom. The van der Waals surface area contributed by atoms with Crippen LogP contribution in [0.3, 0.4) is 0 Å². The highest BCUT2D eigenvalue weighted by atomic mass is 14.0. The molecule has 0 fully saturated rings. The molecule has 0 unspecified atom stereocenters. The minimum absolute atomic E-state index is 0.456. The van der Waals surface area contributed by atoms with Gasteiger partial charge in [-0.05, 0) is 6.08 Å². The van der Waals surface area contributed by atoms with Crippen molar-refractivity contribution in [3.05, 3.63) is 48.6 Å². The average Bonchev–Trinajstić information content (AvgIpc) is 2.50. The van der Waals surface area contributed by atoms with Crippen molar-refractivity contribution in [2.75, 3.05) is 0 Å². The lowest BCUT2D eigenvalue weighted by Crippen LogP contribution is -1.78. The van der Waals surface area contributed by atoms with Crippen LogP contribution in [0.1, 0.15) is 0 Å². The summed E-state index contributed by atoms with van der Waals surface area (Å²) in [4.78, 5) is 0. The third kappa shape index (κ3) is 2.73. The highest BCUT2D eigenvalue weighted by molar-refractivity contribution is 5.25. The lowest BCUT2D eigenvalue weighted by Gasteiger charge is -1.91. The molecule has 1 aliphatic carbocycles. The maximum atomic E-state index is 5.02. The number of rotatable bonds is 2. The Balaban J connectivity index is 2.37. The fourth-order valence-corrected chi connectivity index (χ4v) is 0.881. The normalized spacial score (nSPS) is 17.0. The zero-order chi connectivity index (χ0) is 7.94. The van der Waals surface area contributed by atoms with Gasteiger partial charge in [0.25, 0.3) is 0 Å². The van der Waals surface area contributed by atoms with Crippen LogP contribution in [-0.2, 0) is 0 Å². The third-order valence-electron chi connectivity index (χ3n) is 1.41. The molecule has 0 radical (unpaired) electrons. The van der Waals surface area contributed by atoms with Crippen molar-refractivity contribution in [3.8, 4) is 12.3 Å². The van der Waals surface area contributed by atoms with Crippen molar-refractivity contribution in [3.63, 3.8) is 0 Å². The largest absolute Gasteiger partial charge is 0.115 e. The molecule has 0 heteroatoms. The summed E-state index contributed by atoms with van der Waals surface area (Å²) in [6, 6.07) is 0. The minimum atomic E-state index is 0.456. The van der Waals surface area contributed by atoms with Gasteiger partial charge in [-0.25, -0.2) is 0 Å². The van der Waals surface area contributed by atoms with Crippen LogP contribution >= 0.6 is 0 Å². The molecular formula is C11H10. The number of hydrogen-bond donors (Lipinski definition) is 0. The van der Waals surface area contributed by atoms with E-state index in [0.29, 0.717) is 5.92 Å². The summed E-state index contributed by atoms with van der Waals surface area (Å²) < 4.78 is 0. The molecule has 0 N–H and O–H groups in total. The number of terminal acetylenes is 1. The quantitative estimate of drug-likeness (QED) is 0.410. The highest BCUT2D eigenvalue weighted by Gasteiger charge is 1.94. The molecule has 0 heterocycles. The van der Waals surface area contributed by atoms with Gasteiger partial charge in [0.05, 0.1) is 0 Å². The molecular weight excluding hydrogens is 132 g/mol. The average molecular weight is 142 g/mol. The first kappa shape index (κ1) is 7.63. The van der Waals surface area contributed by atoms with E-state index in [1.54, 1.807) is 6.08 Å². The zero-order valence-electron chi connectivity index (χ0n) is 6.27. The van der Waals surface area contributed by atoms with E-state index in [2.05, 4.69) is 24.1 Å². The molecule has 0 atom stereocenters. The van der Waals surface area contributed by atoms with Crippen molar-refractivity contribution >= 4 is 0 Å². The summed E-state index contributed by atoms with van der Waals surface area (Å²) in [7, 11) is 0. The van der Waals surface area contributed by atoms with Crippen molar-refractivity contribution in [2.24, 2.45) is 5.92 Å². The molecule has 0 spiro atoms. The van der Waals surface area contributed by atoms with Gasteiger partial charge in [-0.2, -0.15) is 0 Å². The van der Waals surface area contributed by atoms with Crippen LogP contribution < -0.4 is 0 Å². The van der Waals surface area contributed by atoms with Crippen LogP contribution in [0, 0.1) is 18.3 Å². The second-order valence-corrected chi connectivity index (χ2v) is 2.26. The van der Waals surface area contributed by atoms with Crippen LogP contribution in [0.5, 0.6) is 0 Å². The predicted molar refractivity (Wildman–Crippen MR) is 48.9 cm³/mol. The van der Waals surface area contributed by atoms with E-state index < -0.39 is 0 Å². The lowest BCUT2D eigenvalue weighted by molar-refractivity contribution is 1.09. The maximum Gasteiger partial charge on any atom is 0.0136 e. The van der Waals surface area contributed by atoms with Crippen molar-refractivity contribution in [1.29, 1.82) is 0 Å². The van der Waals surface area contributed by atoms with Gasteiger partial charge >= 0.3 is 0 Å². The Hall–Kier alpha value is -1.48. The fourth-order valence-electron chi connectivity index (χ4n) is 0.881. The molecule has 0 saturated carbocycles. The highest BCUT2D eigenvalue weighted by Crippen LogP contribution is 2.09. The molecule has 0 amide bonds. The summed E-state index contributed by atoms with van der Waals surface area (Å²) in [5.41, 5.74) is 0. The van der Waals surface area contributed by atoms with Crippen LogP contribution in [0.2, 0.25) is 0 Å². The Morgan fingerprint density at radius 3 is 2.55 bits per heavy atom. The molecule has 0 aliphatic heterocycles. The first-order valence-corrected chi connectivity index (χ1v) is 3.58. The summed E-state index contributed by atoms with van der Waals surface area (Å²) in [5, 5.41) is 0. The first-order valence-electron chi connectivity index (χ1n) is 3.58. The molecule has 0 aromatic rings. The van der Waals surface area contributed by atoms with Gasteiger partial charge in [-0.15, -0.1) is 6.42 Å². The van der Waals surface area contributed by atoms with Gasteiger partial charge < -0.3 is 0 Å². The first-order chi connectivity index (χ1) is 5.43. The van der Waals surface area contributed by atoms with Gasteiger partial charge in [-0.3, -0.25) is 0 Å². The van der Waals surface area contributed by atoms with E-state index in [0.717, 1.165) is 0 Å². The van der Waals surface area contributed by atoms with Gasteiger partial charge in [0.2, 0.25) is 0 Å². The second-order valence-electron chi connectivity index (χ2n) is 2.26. The van der Waals surface area contributed by atoms with Crippen LogP contribution in [0.15, 0.2) is 48.6 Å². The van der Waals surface area contributed by atoms with Crippen LogP contribution in [0.25, 0.3) is 0 Å². The molecule has 0 aromatic carbocycles. The molecule has 1 aliphatic rings. The molecule has 0 aromatic heterocycles. The summed E-state index contributed by atoms with van der Waals surface area (Å²) in [6.45, 7) is 0. The second kappa shape index (κ2) is 4.35. The Morgan fingerprint density at radius 2 is 1.91 bits per heavy atom.